The molecule has 2 unspecified atom stereocenters. The molecule has 1 saturated carbocycles. The van der Waals surface area contributed by atoms with E-state index >= 15 is 0 Å². The second-order valence-electron chi connectivity index (χ2n) is 5.20. The molecule has 0 heterocycles. The second kappa shape index (κ2) is 5.47. The molecule has 1 aliphatic rings. The van der Waals surface area contributed by atoms with Crippen LogP contribution in [0.15, 0.2) is 54.6 Å². The number of anilines is 1. The number of aliphatic hydroxyl groups excluding tert-OH is 1. The molecular weight excluding hydrogens is 250 g/mol. The van der Waals surface area contributed by atoms with Gasteiger partial charge in [-0.05, 0) is 35.6 Å². The predicted octanol–water partition coefficient (Wildman–Crippen LogP) is 2.92. The van der Waals surface area contributed by atoms with Gasteiger partial charge in [0.2, 0.25) is 5.91 Å². The molecule has 3 nitrogen and oxygen atoms in total. The lowest BCUT2D eigenvalue weighted by atomic mass is 10.1. The number of carbonyl (C=O) groups excluding carboxylic acids is 1. The minimum atomic E-state index is 0.0208. The third-order valence-electron chi connectivity index (χ3n) is 3.76. The zero-order chi connectivity index (χ0) is 13.9. The van der Waals surface area contributed by atoms with Gasteiger partial charge in [-0.2, -0.15) is 0 Å². The summed E-state index contributed by atoms with van der Waals surface area (Å²) in [6, 6.07) is 17.4. The number of carbonyl (C=O) groups is 1. The smallest absolute Gasteiger partial charge is 0.228 e. The van der Waals surface area contributed by atoms with Gasteiger partial charge in [0.1, 0.15) is 0 Å². The van der Waals surface area contributed by atoms with Crippen LogP contribution in [0.1, 0.15) is 23.5 Å². The van der Waals surface area contributed by atoms with Crippen molar-refractivity contribution < 1.29 is 9.90 Å². The van der Waals surface area contributed by atoms with Gasteiger partial charge in [0.25, 0.3) is 0 Å². The highest BCUT2D eigenvalue weighted by Crippen LogP contribution is 2.47. The Labute approximate surface area is 118 Å². The topological polar surface area (TPSA) is 49.3 Å². The number of rotatable bonds is 4. The normalized spacial score (nSPS) is 20.4. The SMILES string of the molecule is O=C(Nc1ccc(CO)cc1)C1CC1c1ccccc1. The van der Waals surface area contributed by atoms with Crippen molar-refractivity contribution in [3.05, 3.63) is 65.7 Å². The molecule has 0 aliphatic heterocycles. The maximum Gasteiger partial charge on any atom is 0.228 e. The van der Waals surface area contributed by atoms with Gasteiger partial charge < -0.3 is 10.4 Å². The van der Waals surface area contributed by atoms with E-state index in [1.54, 1.807) is 0 Å². The van der Waals surface area contributed by atoms with Crippen LogP contribution >= 0.6 is 0 Å². The second-order valence-corrected chi connectivity index (χ2v) is 5.20. The Morgan fingerprint density at radius 1 is 1.10 bits per heavy atom. The zero-order valence-electron chi connectivity index (χ0n) is 11.1. The molecule has 0 spiro atoms. The van der Waals surface area contributed by atoms with E-state index in [1.807, 2.05) is 42.5 Å². The van der Waals surface area contributed by atoms with Gasteiger partial charge in [-0.3, -0.25) is 4.79 Å². The quantitative estimate of drug-likeness (QED) is 0.894. The average Bonchev–Trinajstić information content (AvgIpc) is 3.29. The molecule has 1 fully saturated rings. The van der Waals surface area contributed by atoms with Gasteiger partial charge in [-0.25, -0.2) is 0 Å². The van der Waals surface area contributed by atoms with E-state index in [0.717, 1.165) is 17.7 Å². The largest absolute Gasteiger partial charge is 0.392 e. The van der Waals surface area contributed by atoms with Crippen LogP contribution < -0.4 is 5.32 Å². The van der Waals surface area contributed by atoms with Crippen molar-refractivity contribution in [2.75, 3.05) is 5.32 Å². The molecule has 2 atom stereocenters. The van der Waals surface area contributed by atoms with Crippen LogP contribution in [0.25, 0.3) is 0 Å². The number of hydrogen-bond donors (Lipinski definition) is 2. The third-order valence-corrected chi connectivity index (χ3v) is 3.76. The summed E-state index contributed by atoms with van der Waals surface area (Å²) >= 11 is 0. The Bertz CT molecular complexity index is 592. The molecule has 1 amide bonds. The Hall–Kier alpha value is -2.13. The first-order chi connectivity index (χ1) is 9.78. The fraction of sp³-hybridized carbons (Fsp3) is 0.235. The van der Waals surface area contributed by atoms with E-state index in [0.29, 0.717) is 5.92 Å². The van der Waals surface area contributed by atoms with Crippen LogP contribution in [0.4, 0.5) is 5.69 Å². The fourth-order valence-electron chi connectivity index (χ4n) is 2.48. The number of benzene rings is 2. The molecule has 2 aromatic rings. The maximum absolute atomic E-state index is 12.2. The van der Waals surface area contributed by atoms with Crippen molar-refractivity contribution in [3.63, 3.8) is 0 Å². The fourth-order valence-corrected chi connectivity index (χ4v) is 2.48. The monoisotopic (exact) mass is 267 g/mol. The first kappa shape index (κ1) is 12.9. The number of hydrogen-bond acceptors (Lipinski definition) is 2. The zero-order valence-corrected chi connectivity index (χ0v) is 11.1. The molecule has 0 radical (unpaired) electrons. The summed E-state index contributed by atoms with van der Waals surface area (Å²) in [6.45, 7) is 0.0208. The van der Waals surface area contributed by atoms with Gasteiger partial charge in [0, 0.05) is 11.6 Å². The van der Waals surface area contributed by atoms with E-state index in [2.05, 4.69) is 17.4 Å². The minimum Gasteiger partial charge on any atom is -0.392 e. The van der Waals surface area contributed by atoms with Crippen molar-refractivity contribution in [2.45, 2.75) is 18.9 Å². The van der Waals surface area contributed by atoms with E-state index in [1.165, 1.54) is 5.56 Å². The summed E-state index contributed by atoms with van der Waals surface area (Å²) in [7, 11) is 0. The van der Waals surface area contributed by atoms with E-state index in [-0.39, 0.29) is 18.4 Å². The lowest BCUT2D eigenvalue weighted by molar-refractivity contribution is -0.117. The molecule has 0 bridgehead atoms. The van der Waals surface area contributed by atoms with E-state index in [9.17, 15) is 4.79 Å². The number of nitrogens with one attached hydrogen (secondary N) is 1. The third kappa shape index (κ3) is 2.73. The van der Waals surface area contributed by atoms with Crippen molar-refractivity contribution >= 4 is 11.6 Å². The standard InChI is InChI=1S/C17H17NO2/c19-11-12-6-8-14(9-7-12)18-17(20)16-10-15(16)13-4-2-1-3-5-13/h1-9,15-16,19H,10-11H2,(H,18,20). The molecule has 0 aromatic heterocycles. The predicted molar refractivity (Wildman–Crippen MR) is 78.3 cm³/mol. The highest BCUT2D eigenvalue weighted by molar-refractivity contribution is 5.95. The summed E-state index contributed by atoms with van der Waals surface area (Å²) < 4.78 is 0. The summed E-state index contributed by atoms with van der Waals surface area (Å²) in [5.74, 6) is 0.512. The summed E-state index contributed by atoms with van der Waals surface area (Å²) in [5.41, 5.74) is 2.87. The summed E-state index contributed by atoms with van der Waals surface area (Å²) in [5, 5.41) is 11.9. The van der Waals surface area contributed by atoms with Crippen LogP contribution in [0, 0.1) is 5.92 Å². The molecule has 0 saturated heterocycles. The van der Waals surface area contributed by atoms with Gasteiger partial charge in [-0.15, -0.1) is 0 Å². The van der Waals surface area contributed by atoms with Crippen LogP contribution in [-0.2, 0) is 11.4 Å². The Morgan fingerprint density at radius 3 is 2.45 bits per heavy atom. The van der Waals surface area contributed by atoms with Crippen LogP contribution in [-0.4, -0.2) is 11.0 Å². The van der Waals surface area contributed by atoms with E-state index < -0.39 is 0 Å². The molecule has 3 heteroatoms. The average molecular weight is 267 g/mol. The molecular formula is C17H17NO2. The van der Waals surface area contributed by atoms with Crippen LogP contribution in [0.5, 0.6) is 0 Å². The van der Waals surface area contributed by atoms with Gasteiger partial charge >= 0.3 is 0 Å². The first-order valence-corrected chi connectivity index (χ1v) is 6.83. The minimum absolute atomic E-state index is 0.0208. The van der Waals surface area contributed by atoms with Crippen molar-refractivity contribution in [2.24, 2.45) is 5.92 Å². The number of aliphatic hydroxyl groups is 1. The van der Waals surface area contributed by atoms with Crippen molar-refractivity contribution in [3.8, 4) is 0 Å². The lowest BCUT2D eigenvalue weighted by Crippen LogP contribution is -2.14. The van der Waals surface area contributed by atoms with Crippen LogP contribution in [0.2, 0.25) is 0 Å². The first-order valence-electron chi connectivity index (χ1n) is 6.83. The molecule has 1 aliphatic carbocycles. The van der Waals surface area contributed by atoms with Gasteiger partial charge in [-0.1, -0.05) is 42.5 Å². The lowest BCUT2D eigenvalue weighted by Gasteiger charge is -2.06. The number of amides is 1. The van der Waals surface area contributed by atoms with Crippen molar-refractivity contribution in [1.82, 2.24) is 0 Å². The van der Waals surface area contributed by atoms with Gasteiger partial charge in [0.15, 0.2) is 0 Å². The highest BCUT2D eigenvalue weighted by atomic mass is 16.3. The molecule has 102 valence electrons. The molecule has 2 N–H and O–H groups in total. The Kier molecular flexibility index (Phi) is 3.52. The summed E-state index contributed by atoms with van der Waals surface area (Å²) in [6.07, 6.45) is 0.921. The van der Waals surface area contributed by atoms with Crippen LogP contribution in [0.3, 0.4) is 0 Å². The maximum atomic E-state index is 12.2. The van der Waals surface area contributed by atoms with E-state index in [4.69, 9.17) is 5.11 Å². The van der Waals surface area contributed by atoms with Gasteiger partial charge in [0.05, 0.1) is 6.61 Å². The Morgan fingerprint density at radius 2 is 1.80 bits per heavy atom. The molecule has 20 heavy (non-hydrogen) atoms. The summed E-state index contributed by atoms with van der Waals surface area (Å²) in [4.78, 5) is 12.2. The van der Waals surface area contributed by atoms with Crippen molar-refractivity contribution in [1.29, 1.82) is 0 Å². The highest BCUT2D eigenvalue weighted by Gasteiger charge is 2.43. The Balaban J connectivity index is 1.61. The molecule has 3 rings (SSSR count). The molecule has 2 aromatic carbocycles.